The van der Waals surface area contributed by atoms with Crippen molar-refractivity contribution in [3.63, 3.8) is 0 Å². The normalized spacial score (nSPS) is 17.4. The molecule has 2 aliphatic rings. The molecule has 2 aromatic carbocycles. The Morgan fingerprint density at radius 2 is 1.64 bits per heavy atom. The molecule has 5 rings (SSSR count). The van der Waals surface area contributed by atoms with Gasteiger partial charge >= 0.3 is 0 Å². The monoisotopic (exact) mass is 369 g/mol. The quantitative estimate of drug-likeness (QED) is 0.641. The molecule has 0 saturated carbocycles. The molecule has 0 unspecified atom stereocenters. The van der Waals surface area contributed by atoms with E-state index in [1.54, 1.807) is 6.07 Å². The molecule has 2 amide bonds. The second-order valence-corrected chi connectivity index (χ2v) is 7.33. The molecule has 0 N–H and O–H groups in total. The van der Waals surface area contributed by atoms with Gasteiger partial charge in [-0.05, 0) is 37.1 Å². The number of carbonyl (C=O) groups excluding carboxylic acids is 2. The van der Waals surface area contributed by atoms with E-state index >= 15 is 0 Å². The molecule has 3 aromatic rings. The maximum atomic E-state index is 13.3. The van der Waals surface area contributed by atoms with Crippen LogP contribution in [-0.2, 0) is 6.54 Å². The summed E-state index contributed by atoms with van der Waals surface area (Å²) in [5, 5.41) is 0. The van der Waals surface area contributed by atoms with Crippen LogP contribution in [-0.4, -0.2) is 21.7 Å². The van der Waals surface area contributed by atoms with Gasteiger partial charge in [0.05, 0.1) is 5.56 Å². The average Bonchev–Trinajstić information content (AvgIpc) is 2.99. The van der Waals surface area contributed by atoms with Crippen LogP contribution in [0.3, 0.4) is 0 Å². The minimum Gasteiger partial charge on any atom is -0.327 e. The number of hydrogen-bond acceptors (Lipinski definition) is 4. The van der Waals surface area contributed by atoms with E-state index in [1.165, 1.54) is 4.90 Å². The van der Waals surface area contributed by atoms with Gasteiger partial charge in [-0.1, -0.05) is 48.5 Å². The molecule has 5 heteroatoms. The molecule has 1 aromatic heterocycles. The molecular weight excluding hydrogens is 350 g/mol. The zero-order valence-corrected chi connectivity index (χ0v) is 15.7. The van der Waals surface area contributed by atoms with Gasteiger partial charge in [0.1, 0.15) is 12.0 Å². The standard InChI is InChI=1S/C23H19N3O2/c1-14-12-15(2)24-20-19(14)23(28)26-21(17-10-6-7-11-18(17)22(26)27)25(20)13-16-8-4-3-5-9-16/h3-12,21H,13H2,1-2H3/t21-/m0/s1. The van der Waals surface area contributed by atoms with Gasteiger partial charge in [0, 0.05) is 23.4 Å². The van der Waals surface area contributed by atoms with Gasteiger partial charge in [0.15, 0.2) is 0 Å². The molecule has 2 aliphatic heterocycles. The fourth-order valence-electron chi connectivity index (χ4n) is 4.27. The SMILES string of the molecule is Cc1cc(C)c2c(n1)N(Cc1ccccc1)[C@@H]1c3ccccc3C(=O)N1C2=O. The average molecular weight is 369 g/mol. The molecule has 3 heterocycles. The molecule has 5 nitrogen and oxygen atoms in total. The summed E-state index contributed by atoms with van der Waals surface area (Å²) in [7, 11) is 0. The van der Waals surface area contributed by atoms with Crippen LogP contribution in [0.25, 0.3) is 0 Å². The van der Waals surface area contributed by atoms with E-state index < -0.39 is 6.17 Å². The Balaban J connectivity index is 1.75. The van der Waals surface area contributed by atoms with Gasteiger partial charge < -0.3 is 4.90 Å². The first-order valence-corrected chi connectivity index (χ1v) is 9.32. The summed E-state index contributed by atoms with van der Waals surface area (Å²) >= 11 is 0. The smallest absolute Gasteiger partial charge is 0.266 e. The predicted octanol–water partition coefficient (Wildman–Crippen LogP) is 4.01. The molecule has 0 fully saturated rings. The van der Waals surface area contributed by atoms with Crippen molar-refractivity contribution in [3.05, 3.63) is 94.2 Å². The minimum absolute atomic E-state index is 0.241. The second kappa shape index (κ2) is 6.02. The third-order valence-electron chi connectivity index (χ3n) is 5.45. The van der Waals surface area contributed by atoms with Gasteiger partial charge in [0.25, 0.3) is 11.8 Å². The summed E-state index contributed by atoms with van der Waals surface area (Å²) < 4.78 is 0. The van der Waals surface area contributed by atoms with Crippen LogP contribution in [0.4, 0.5) is 5.82 Å². The van der Waals surface area contributed by atoms with Crippen LogP contribution in [0.5, 0.6) is 0 Å². The van der Waals surface area contributed by atoms with Gasteiger partial charge in [-0.2, -0.15) is 0 Å². The predicted molar refractivity (Wildman–Crippen MR) is 106 cm³/mol. The number of anilines is 1. The highest BCUT2D eigenvalue weighted by Gasteiger charge is 2.49. The highest BCUT2D eigenvalue weighted by atomic mass is 16.2. The number of amides is 2. The summed E-state index contributed by atoms with van der Waals surface area (Å²) in [6.07, 6.45) is -0.474. The van der Waals surface area contributed by atoms with Crippen molar-refractivity contribution < 1.29 is 9.59 Å². The first-order valence-electron chi connectivity index (χ1n) is 9.32. The van der Waals surface area contributed by atoms with Crippen molar-refractivity contribution in [2.75, 3.05) is 4.90 Å². The van der Waals surface area contributed by atoms with Crippen LogP contribution in [0.1, 0.15) is 49.3 Å². The topological polar surface area (TPSA) is 53.5 Å². The van der Waals surface area contributed by atoms with Crippen LogP contribution < -0.4 is 4.90 Å². The molecule has 0 saturated heterocycles. The van der Waals surface area contributed by atoms with Gasteiger partial charge in [-0.25, -0.2) is 9.88 Å². The summed E-state index contributed by atoms with van der Waals surface area (Å²) in [6, 6.07) is 19.4. The number of aryl methyl sites for hydroxylation is 2. The molecule has 138 valence electrons. The summed E-state index contributed by atoms with van der Waals surface area (Å²) in [4.78, 5) is 34.6. The van der Waals surface area contributed by atoms with Crippen molar-refractivity contribution in [3.8, 4) is 0 Å². The van der Waals surface area contributed by atoms with E-state index in [1.807, 2.05) is 68.4 Å². The summed E-state index contributed by atoms with van der Waals surface area (Å²) in [5.74, 6) is 0.141. The lowest BCUT2D eigenvalue weighted by Gasteiger charge is -2.41. The lowest BCUT2D eigenvalue weighted by molar-refractivity contribution is 0.0556. The van der Waals surface area contributed by atoms with E-state index in [0.717, 1.165) is 22.4 Å². The number of benzene rings is 2. The van der Waals surface area contributed by atoms with Gasteiger partial charge in [-0.3, -0.25) is 9.59 Å². The van der Waals surface area contributed by atoms with E-state index in [9.17, 15) is 9.59 Å². The fraction of sp³-hybridized carbons (Fsp3) is 0.174. The van der Waals surface area contributed by atoms with Gasteiger partial charge in [-0.15, -0.1) is 0 Å². The second-order valence-electron chi connectivity index (χ2n) is 7.33. The summed E-state index contributed by atoms with van der Waals surface area (Å²) in [5.41, 5.74) is 4.74. The molecule has 0 aliphatic carbocycles. The number of pyridine rings is 1. The molecule has 1 atom stereocenters. The molecule has 28 heavy (non-hydrogen) atoms. The number of imide groups is 1. The molecule has 0 radical (unpaired) electrons. The number of rotatable bonds is 2. The van der Waals surface area contributed by atoms with Crippen LogP contribution in [0.15, 0.2) is 60.7 Å². The number of hydrogen-bond donors (Lipinski definition) is 0. The van der Waals surface area contributed by atoms with Crippen molar-refractivity contribution in [1.82, 2.24) is 9.88 Å². The Morgan fingerprint density at radius 1 is 0.929 bits per heavy atom. The molecular formula is C23H19N3O2. The van der Waals surface area contributed by atoms with Crippen molar-refractivity contribution in [2.45, 2.75) is 26.6 Å². The fourth-order valence-corrected chi connectivity index (χ4v) is 4.27. The zero-order chi connectivity index (χ0) is 19.4. The Bertz CT molecular complexity index is 1120. The highest BCUT2D eigenvalue weighted by molar-refractivity contribution is 6.17. The maximum absolute atomic E-state index is 13.3. The Kier molecular flexibility index (Phi) is 3.59. The highest BCUT2D eigenvalue weighted by Crippen LogP contribution is 2.45. The van der Waals surface area contributed by atoms with Crippen molar-refractivity contribution >= 4 is 17.6 Å². The lowest BCUT2D eigenvalue weighted by Crippen LogP contribution is -2.48. The van der Waals surface area contributed by atoms with Crippen molar-refractivity contribution in [1.29, 1.82) is 0 Å². The number of carbonyl (C=O) groups is 2. The Morgan fingerprint density at radius 3 is 2.43 bits per heavy atom. The number of fused-ring (bicyclic) bond motifs is 4. The summed E-state index contributed by atoms with van der Waals surface area (Å²) in [6.45, 7) is 4.39. The van der Waals surface area contributed by atoms with E-state index in [-0.39, 0.29) is 11.8 Å². The zero-order valence-electron chi connectivity index (χ0n) is 15.7. The first kappa shape index (κ1) is 16.7. The van der Waals surface area contributed by atoms with E-state index in [0.29, 0.717) is 23.5 Å². The Labute approximate surface area is 163 Å². The molecule has 0 spiro atoms. The third kappa shape index (κ3) is 2.29. The van der Waals surface area contributed by atoms with Gasteiger partial charge in [0.2, 0.25) is 0 Å². The third-order valence-corrected chi connectivity index (χ3v) is 5.45. The Hall–Kier alpha value is -3.47. The number of nitrogens with zero attached hydrogens (tertiary/aromatic N) is 3. The van der Waals surface area contributed by atoms with Crippen LogP contribution >= 0.6 is 0 Å². The van der Waals surface area contributed by atoms with E-state index in [2.05, 4.69) is 4.90 Å². The molecule has 0 bridgehead atoms. The van der Waals surface area contributed by atoms with E-state index in [4.69, 9.17) is 4.98 Å². The maximum Gasteiger partial charge on any atom is 0.266 e. The largest absolute Gasteiger partial charge is 0.327 e. The van der Waals surface area contributed by atoms with Crippen LogP contribution in [0, 0.1) is 13.8 Å². The van der Waals surface area contributed by atoms with Crippen LogP contribution in [0.2, 0.25) is 0 Å². The minimum atomic E-state index is -0.474. The first-order chi connectivity index (χ1) is 13.6. The lowest BCUT2D eigenvalue weighted by atomic mass is 10.0. The number of aromatic nitrogens is 1. The van der Waals surface area contributed by atoms with Crippen molar-refractivity contribution in [2.24, 2.45) is 0 Å².